The highest BCUT2D eigenvalue weighted by atomic mass is 35.5. The van der Waals surface area contributed by atoms with Crippen molar-refractivity contribution in [1.82, 2.24) is 5.32 Å². The van der Waals surface area contributed by atoms with Crippen LogP contribution in [0.15, 0.2) is 42.5 Å². The van der Waals surface area contributed by atoms with E-state index in [4.69, 9.17) is 16.3 Å². The molecule has 0 atom stereocenters. The van der Waals surface area contributed by atoms with Gasteiger partial charge >= 0.3 is 0 Å². The van der Waals surface area contributed by atoms with E-state index in [1.807, 2.05) is 0 Å². The Morgan fingerprint density at radius 1 is 1.15 bits per heavy atom. The second-order valence-corrected chi connectivity index (χ2v) is 6.12. The maximum atomic E-state index is 13.1. The van der Waals surface area contributed by atoms with Gasteiger partial charge in [0.2, 0.25) is 5.91 Å². The van der Waals surface area contributed by atoms with E-state index < -0.39 is 5.82 Å². The summed E-state index contributed by atoms with van der Waals surface area (Å²) in [5.41, 5.74) is 1.48. The highest BCUT2D eigenvalue weighted by Gasteiger charge is 2.08. The number of anilines is 2. The minimum absolute atomic E-state index is 0.0235. The number of carbonyl (C=O) groups excluding carboxylic acids is 2. The number of benzene rings is 2. The lowest BCUT2D eigenvalue weighted by Gasteiger charge is -2.10. The monoisotopic (exact) mass is 393 g/mol. The fourth-order valence-electron chi connectivity index (χ4n) is 2.25. The van der Waals surface area contributed by atoms with Gasteiger partial charge in [0, 0.05) is 37.2 Å². The third-order valence-corrected chi connectivity index (χ3v) is 3.88. The predicted molar refractivity (Wildman–Crippen MR) is 104 cm³/mol. The van der Waals surface area contributed by atoms with Crippen molar-refractivity contribution in [3.8, 4) is 0 Å². The van der Waals surface area contributed by atoms with Gasteiger partial charge in [-0.15, -0.1) is 0 Å². The maximum Gasteiger partial charge on any atom is 0.251 e. The molecule has 0 spiro atoms. The van der Waals surface area contributed by atoms with E-state index in [2.05, 4.69) is 16.0 Å². The van der Waals surface area contributed by atoms with E-state index in [0.717, 1.165) is 6.42 Å². The molecule has 0 aliphatic rings. The molecule has 2 rings (SSSR count). The van der Waals surface area contributed by atoms with Crippen LogP contribution in [0.2, 0.25) is 5.02 Å². The number of hydrogen-bond donors (Lipinski definition) is 3. The van der Waals surface area contributed by atoms with Crippen LogP contribution < -0.4 is 16.0 Å². The minimum Gasteiger partial charge on any atom is -0.385 e. The van der Waals surface area contributed by atoms with E-state index in [-0.39, 0.29) is 23.4 Å². The molecule has 0 fully saturated rings. The molecule has 144 valence electrons. The first-order valence-electron chi connectivity index (χ1n) is 8.35. The molecule has 0 bridgehead atoms. The van der Waals surface area contributed by atoms with Crippen LogP contribution >= 0.6 is 11.6 Å². The van der Waals surface area contributed by atoms with Gasteiger partial charge in [-0.1, -0.05) is 17.7 Å². The van der Waals surface area contributed by atoms with Crippen molar-refractivity contribution in [2.75, 3.05) is 37.4 Å². The van der Waals surface area contributed by atoms with Crippen molar-refractivity contribution in [3.63, 3.8) is 0 Å². The van der Waals surface area contributed by atoms with Gasteiger partial charge < -0.3 is 20.7 Å². The lowest BCUT2D eigenvalue weighted by Crippen LogP contribution is -2.25. The number of rotatable bonds is 9. The number of hydrogen-bond acceptors (Lipinski definition) is 4. The first-order valence-corrected chi connectivity index (χ1v) is 8.73. The first kappa shape index (κ1) is 20.7. The van der Waals surface area contributed by atoms with Gasteiger partial charge in [-0.05, 0) is 42.8 Å². The Balaban J connectivity index is 1.86. The number of nitrogens with one attached hydrogen (secondary N) is 3. The van der Waals surface area contributed by atoms with Crippen LogP contribution in [0.1, 0.15) is 16.8 Å². The molecule has 0 aliphatic heterocycles. The molecule has 0 saturated carbocycles. The van der Waals surface area contributed by atoms with Crippen LogP contribution in [-0.4, -0.2) is 38.6 Å². The van der Waals surface area contributed by atoms with E-state index >= 15 is 0 Å². The predicted octanol–water partition coefficient (Wildman–Crippen LogP) is 3.30. The normalized spacial score (nSPS) is 10.3. The average Bonchev–Trinajstić information content (AvgIpc) is 2.66. The molecule has 2 amide bonds. The van der Waals surface area contributed by atoms with E-state index in [1.165, 1.54) is 18.2 Å². The molecule has 0 radical (unpaired) electrons. The topological polar surface area (TPSA) is 79.5 Å². The third-order valence-electron chi connectivity index (χ3n) is 3.59. The Labute approximate surface area is 162 Å². The number of amides is 2. The van der Waals surface area contributed by atoms with Crippen LogP contribution in [0.4, 0.5) is 15.8 Å². The molecule has 0 aliphatic carbocycles. The Kier molecular flexibility index (Phi) is 8.03. The van der Waals surface area contributed by atoms with Crippen molar-refractivity contribution in [3.05, 3.63) is 58.9 Å². The molecule has 3 N–H and O–H groups in total. The van der Waals surface area contributed by atoms with Crippen molar-refractivity contribution in [2.24, 2.45) is 0 Å². The maximum absolute atomic E-state index is 13.1. The molecule has 0 heterocycles. The zero-order chi connectivity index (χ0) is 19.6. The second-order valence-electron chi connectivity index (χ2n) is 5.71. The molecule has 2 aromatic rings. The van der Waals surface area contributed by atoms with Gasteiger partial charge in [0.15, 0.2) is 0 Å². The minimum atomic E-state index is -0.524. The highest BCUT2D eigenvalue weighted by Crippen LogP contribution is 2.19. The summed E-state index contributed by atoms with van der Waals surface area (Å²) in [5.74, 6) is -1.06. The summed E-state index contributed by atoms with van der Waals surface area (Å²) in [7, 11) is 1.60. The van der Waals surface area contributed by atoms with E-state index in [9.17, 15) is 14.0 Å². The summed E-state index contributed by atoms with van der Waals surface area (Å²) in [6.45, 7) is 1.05. The molecular formula is C19H21ClFN3O3. The smallest absolute Gasteiger partial charge is 0.251 e. The summed E-state index contributed by atoms with van der Waals surface area (Å²) in [5, 5.41) is 8.32. The van der Waals surface area contributed by atoms with Gasteiger partial charge in [-0.3, -0.25) is 9.59 Å². The summed E-state index contributed by atoms with van der Waals surface area (Å²) in [4.78, 5) is 24.2. The molecule has 0 saturated heterocycles. The van der Waals surface area contributed by atoms with Gasteiger partial charge in [0.25, 0.3) is 5.91 Å². The van der Waals surface area contributed by atoms with Crippen LogP contribution in [-0.2, 0) is 9.53 Å². The Morgan fingerprint density at radius 3 is 2.70 bits per heavy atom. The van der Waals surface area contributed by atoms with Crippen molar-refractivity contribution >= 4 is 34.8 Å². The first-order chi connectivity index (χ1) is 13.0. The molecule has 8 heteroatoms. The standard InChI is InChI=1S/C19H21ClFN3O3/c1-27-9-3-8-22-19(26)13-4-2-5-15(10-13)24-18(25)12-23-14-6-7-17(21)16(20)11-14/h2,4-7,10-11,23H,3,8-9,12H2,1H3,(H,22,26)(H,24,25). The van der Waals surface area contributed by atoms with Crippen LogP contribution in [0.25, 0.3) is 0 Å². The number of ether oxygens (including phenoxy) is 1. The van der Waals surface area contributed by atoms with Gasteiger partial charge in [-0.25, -0.2) is 4.39 Å². The van der Waals surface area contributed by atoms with Crippen molar-refractivity contribution < 1.29 is 18.7 Å². The Morgan fingerprint density at radius 2 is 1.96 bits per heavy atom. The summed E-state index contributed by atoms with van der Waals surface area (Å²) in [6, 6.07) is 10.7. The van der Waals surface area contributed by atoms with E-state index in [0.29, 0.717) is 30.1 Å². The number of methoxy groups -OCH3 is 1. The Hall–Kier alpha value is -2.64. The molecule has 0 unspecified atom stereocenters. The van der Waals surface area contributed by atoms with Gasteiger partial charge in [0.05, 0.1) is 11.6 Å². The third kappa shape index (κ3) is 6.88. The molecule has 6 nitrogen and oxygen atoms in total. The lowest BCUT2D eigenvalue weighted by molar-refractivity contribution is -0.114. The van der Waals surface area contributed by atoms with Crippen LogP contribution in [0.3, 0.4) is 0 Å². The molecule has 0 aromatic heterocycles. The van der Waals surface area contributed by atoms with Gasteiger partial charge in [0.1, 0.15) is 5.82 Å². The number of halogens is 2. The van der Waals surface area contributed by atoms with Crippen LogP contribution in [0.5, 0.6) is 0 Å². The molecular weight excluding hydrogens is 373 g/mol. The van der Waals surface area contributed by atoms with Crippen LogP contribution in [0, 0.1) is 5.82 Å². The van der Waals surface area contributed by atoms with E-state index in [1.54, 1.807) is 31.4 Å². The SMILES string of the molecule is COCCCNC(=O)c1cccc(NC(=O)CNc2ccc(F)c(Cl)c2)c1. The fourth-order valence-corrected chi connectivity index (χ4v) is 2.43. The molecule has 2 aromatic carbocycles. The quantitative estimate of drug-likeness (QED) is 0.571. The summed E-state index contributed by atoms with van der Waals surface area (Å²) in [6.07, 6.45) is 0.720. The second kappa shape index (κ2) is 10.5. The van der Waals surface area contributed by atoms with Gasteiger partial charge in [-0.2, -0.15) is 0 Å². The van der Waals surface area contributed by atoms with Crippen molar-refractivity contribution in [1.29, 1.82) is 0 Å². The number of carbonyl (C=O) groups is 2. The Bertz CT molecular complexity index is 802. The summed E-state index contributed by atoms with van der Waals surface area (Å²) >= 11 is 5.70. The lowest BCUT2D eigenvalue weighted by atomic mass is 10.2. The largest absolute Gasteiger partial charge is 0.385 e. The van der Waals surface area contributed by atoms with Crippen molar-refractivity contribution in [2.45, 2.75) is 6.42 Å². The fraction of sp³-hybridized carbons (Fsp3) is 0.263. The zero-order valence-corrected chi connectivity index (χ0v) is 15.6. The average molecular weight is 394 g/mol. The highest BCUT2D eigenvalue weighted by molar-refractivity contribution is 6.31. The molecule has 27 heavy (non-hydrogen) atoms. The summed E-state index contributed by atoms with van der Waals surface area (Å²) < 4.78 is 18.1. The zero-order valence-electron chi connectivity index (χ0n) is 14.9.